The van der Waals surface area contributed by atoms with Gasteiger partial charge in [0, 0.05) is 10.0 Å². The van der Waals surface area contributed by atoms with E-state index in [0.717, 1.165) is 35.3 Å². The predicted octanol–water partition coefficient (Wildman–Crippen LogP) is 2.33. The van der Waals surface area contributed by atoms with Gasteiger partial charge in [0.25, 0.3) is 0 Å². The summed E-state index contributed by atoms with van der Waals surface area (Å²) >= 11 is 3.41. The van der Waals surface area contributed by atoms with E-state index in [1.165, 1.54) is 0 Å². The number of benzene rings is 1. The molecule has 0 saturated carbocycles. The van der Waals surface area contributed by atoms with E-state index in [9.17, 15) is 0 Å². The Morgan fingerprint density at radius 3 is 2.81 bits per heavy atom. The Morgan fingerprint density at radius 2 is 2.12 bits per heavy atom. The van der Waals surface area contributed by atoms with Crippen molar-refractivity contribution in [2.75, 3.05) is 13.1 Å². The maximum Gasteiger partial charge on any atom is 0.216 e. The van der Waals surface area contributed by atoms with Crippen LogP contribution in [-0.4, -0.2) is 25.1 Å². The van der Waals surface area contributed by atoms with E-state index in [-0.39, 0.29) is 6.10 Å². The van der Waals surface area contributed by atoms with Crippen LogP contribution in [0.25, 0.3) is 0 Å². The van der Waals surface area contributed by atoms with Crippen LogP contribution in [0.1, 0.15) is 18.4 Å². The van der Waals surface area contributed by atoms with Gasteiger partial charge in [-0.3, -0.25) is 0 Å². The lowest BCUT2D eigenvalue weighted by molar-refractivity contribution is 0.211. The first-order chi connectivity index (χ1) is 7.79. The summed E-state index contributed by atoms with van der Waals surface area (Å²) in [5, 5.41) is 0. The molecule has 2 rings (SSSR count). The molecule has 0 saturated heterocycles. The second-order valence-electron chi connectivity index (χ2n) is 3.82. The van der Waals surface area contributed by atoms with Crippen molar-refractivity contribution in [3.05, 3.63) is 34.3 Å². The third-order valence-electron chi connectivity index (χ3n) is 2.54. The van der Waals surface area contributed by atoms with Crippen LogP contribution < -0.4 is 5.73 Å². The van der Waals surface area contributed by atoms with Crippen LogP contribution in [0.4, 0.5) is 0 Å². The van der Waals surface area contributed by atoms with Gasteiger partial charge in [-0.25, -0.2) is 4.99 Å². The lowest BCUT2D eigenvalue weighted by Gasteiger charge is -2.10. The molecule has 86 valence electrons. The second-order valence-corrected chi connectivity index (χ2v) is 4.74. The predicted molar refractivity (Wildman–Crippen MR) is 68.7 cm³/mol. The molecule has 0 amide bonds. The number of hydrogen-bond donors (Lipinski definition) is 1. The number of rotatable bonds is 4. The summed E-state index contributed by atoms with van der Waals surface area (Å²) in [5.74, 6) is 0.759. The standard InChI is InChI=1S/C12H15BrN2O/c13-10-5-3-9(4-6-10)12-15-8-11(16-12)2-1-7-14/h3-6,11H,1-2,7-8,14H2. The van der Waals surface area contributed by atoms with Gasteiger partial charge in [-0.15, -0.1) is 0 Å². The maximum atomic E-state index is 5.77. The fourth-order valence-electron chi connectivity index (χ4n) is 1.66. The average molecular weight is 283 g/mol. The van der Waals surface area contributed by atoms with E-state index in [1.807, 2.05) is 24.3 Å². The highest BCUT2D eigenvalue weighted by atomic mass is 79.9. The summed E-state index contributed by atoms with van der Waals surface area (Å²) < 4.78 is 6.83. The monoisotopic (exact) mass is 282 g/mol. The molecule has 16 heavy (non-hydrogen) atoms. The van der Waals surface area contributed by atoms with Crippen LogP contribution in [0.3, 0.4) is 0 Å². The summed E-state index contributed by atoms with van der Waals surface area (Å²) in [6.45, 7) is 1.47. The Balaban J connectivity index is 1.95. The van der Waals surface area contributed by atoms with Crippen molar-refractivity contribution in [2.45, 2.75) is 18.9 Å². The minimum atomic E-state index is 0.210. The van der Waals surface area contributed by atoms with E-state index in [2.05, 4.69) is 20.9 Å². The van der Waals surface area contributed by atoms with Crippen LogP contribution >= 0.6 is 15.9 Å². The van der Waals surface area contributed by atoms with Crippen molar-refractivity contribution in [3.8, 4) is 0 Å². The van der Waals surface area contributed by atoms with Gasteiger partial charge in [-0.05, 0) is 43.7 Å². The highest BCUT2D eigenvalue weighted by Gasteiger charge is 2.20. The lowest BCUT2D eigenvalue weighted by atomic mass is 10.2. The van der Waals surface area contributed by atoms with E-state index >= 15 is 0 Å². The van der Waals surface area contributed by atoms with Crippen molar-refractivity contribution in [1.29, 1.82) is 0 Å². The van der Waals surface area contributed by atoms with Gasteiger partial charge in [0.2, 0.25) is 5.90 Å². The summed E-state index contributed by atoms with van der Waals surface area (Å²) in [6, 6.07) is 8.01. The molecule has 1 aromatic carbocycles. The van der Waals surface area contributed by atoms with Crippen LogP contribution in [0, 0.1) is 0 Å². The van der Waals surface area contributed by atoms with Crippen LogP contribution in [0.5, 0.6) is 0 Å². The summed E-state index contributed by atoms with van der Waals surface area (Å²) in [6.07, 6.45) is 2.19. The summed E-state index contributed by atoms with van der Waals surface area (Å²) in [5.41, 5.74) is 6.51. The van der Waals surface area contributed by atoms with Crippen LogP contribution in [-0.2, 0) is 4.74 Å². The van der Waals surface area contributed by atoms with Gasteiger partial charge in [0.1, 0.15) is 6.10 Å². The molecule has 0 fully saturated rings. The molecular formula is C12H15BrN2O. The molecule has 2 N–H and O–H groups in total. The van der Waals surface area contributed by atoms with Gasteiger partial charge in [-0.1, -0.05) is 15.9 Å². The molecular weight excluding hydrogens is 268 g/mol. The molecule has 1 heterocycles. The zero-order valence-corrected chi connectivity index (χ0v) is 10.6. The summed E-state index contributed by atoms with van der Waals surface area (Å²) in [7, 11) is 0. The molecule has 3 nitrogen and oxygen atoms in total. The molecule has 1 aliphatic rings. The topological polar surface area (TPSA) is 47.6 Å². The molecule has 4 heteroatoms. The zero-order chi connectivity index (χ0) is 11.4. The smallest absolute Gasteiger partial charge is 0.216 e. The molecule has 1 aromatic rings. The first-order valence-electron chi connectivity index (χ1n) is 5.46. The van der Waals surface area contributed by atoms with Crippen molar-refractivity contribution < 1.29 is 4.74 Å². The quantitative estimate of drug-likeness (QED) is 0.922. The Kier molecular flexibility index (Phi) is 3.96. The molecule has 0 radical (unpaired) electrons. The number of ether oxygens (including phenoxy) is 1. The van der Waals surface area contributed by atoms with Gasteiger partial charge in [0.05, 0.1) is 6.54 Å². The minimum Gasteiger partial charge on any atom is -0.472 e. The average Bonchev–Trinajstić information content (AvgIpc) is 2.76. The van der Waals surface area contributed by atoms with E-state index in [1.54, 1.807) is 0 Å². The van der Waals surface area contributed by atoms with Crippen LogP contribution in [0.15, 0.2) is 33.7 Å². The Bertz CT molecular complexity index is 375. The lowest BCUT2D eigenvalue weighted by Crippen LogP contribution is -2.15. The Morgan fingerprint density at radius 1 is 1.38 bits per heavy atom. The van der Waals surface area contributed by atoms with Crippen molar-refractivity contribution in [1.82, 2.24) is 0 Å². The molecule has 1 unspecified atom stereocenters. The molecule has 1 aliphatic heterocycles. The number of nitrogens with zero attached hydrogens (tertiary/aromatic N) is 1. The maximum absolute atomic E-state index is 5.77. The van der Waals surface area contributed by atoms with Crippen molar-refractivity contribution in [3.63, 3.8) is 0 Å². The van der Waals surface area contributed by atoms with Crippen molar-refractivity contribution >= 4 is 21.8 Å². The fourth-order valence-corrected chi connectivity index (χ4v) is 1.93. The van der Waals surface area contributed by atoms with E-state index in [4.69, 9.17) is 10.5 Å². The Labute approximate surface area is 104 Å². The first kappa shape index (κ1) is 11.6. The largest absolute Gasteiger partial charge is 0.472 e. The van der Waals surface area contributed by atoms with Gasteiger partial charge >= 0.3 is 0 Å². The fraction of sp³-hybridized carbons (Fsp3) is 0.417. The van der Waals surface area contributed by atoms with Gasteiger partial charge in [0.15, 0.2) is 0 Å². The van der Waals surface area contributed by atoms with Crippen molar-refractivity contribution in [2.24, 2.45) is 10.7 Å². The number of nitrogens with two attached hydrogens (primary N) is 1. The highest BCUT2D eigenvalue weighted by molar-refractivity contribution is 9.10. The highest BCUT2D eigenvalue weighted by Crippen LogP contribution is 2.17. The normalized spacial score (nSPS) is 19.4. The second kappa shape index (κ2) is 5.46. The number of aliphatic imine (C=N–C) groups is 1. The third kappa shape index (κ3) is 2.83. The molecule has 0 bridgehead atoms. The Hall–Kier alpha value is -0.870. The summed E-state index contributed by atoms with van der Waals surface area (Å²) in [4.78, 5) is 4.41. The molecule has 0 aliphatic carbocycles. The van der Waals surface area contributed by atoms with Crippen LogP contribution in [0.2, 0.25) is 0 Å². The third-order valence-corrected chi connectivity index (χ3v) is 3.07. The van der Waals surface area contributed by atoms with E-state index < -0.39 is 0 Å². The zero-order valence-electron chi connectivity index (χ0n) is 9.03. The van der Waals surface area contributed by atoms with Gasteiger partial charge in [-0.2, -0.15) is 0 Å². The SMILES string of the molecule is NCCCC1CN=C(c2ccc(Br)cc2)O1. The number of halogens is 1. The van der Waals surface area contributed by atoms with Gasteiger partial charge < -0.3 is 10.5 Å². The molecule has 1 atom stereocenters. The number of hydrogen-bond acceptors (Lipinski definition) is 3. The molecule has 0 spiro atoms. The molecule has 0 aromatic heterocycles. The first-order valence-corrected chi connectivity index (χ1v) is 6.26. The van der Waals surface area contributed by atoms with E-state index in [0.29, 0.717) is 6.54 Å². The minimum absolute atomic E-state index is 0.210.